The van der Waals surface area contributed by atoms with E-state index in [0.29, 0.717) is 17.9 Å². The van der Waals surface area contributed by atoms with E-state index in [1.165, 1.54) is 10.6 Å². The smallest absolute Gasteiger partial charge is 0.262 e. The van der Waals surface area contributed by atoms with Crippen LogP contribution < -0.4 is 10.6 Å². The van der Waals surface area contributed by atoms with Crippen molar-refractivity contribution >= 4 is 28.9 Å². The van der Waals surface area contributed by atoms with Crippen LogP contribution in [0.4, 0.5) is 11.4 Å². The number of nitrogens with one attached hydrogen (secondary N) is 2. The Balaban J connectivity index is 1.51. The summed E-state index contributed by atoms with van der Waals surface area (Å²) in [5.74, 6) is 0.365. The molecule has 1 aliphatic rings. The lowest BCUT2D eigenvalue weighted by Crippen LogP contribution is -2.32. The number of rotatable bonds is 7. The molecule has 1 aromatic heterocycles. The summed E-state index contributed by atoms with van der Waals surface area (Å²) in [7, 11) is 0. The first-order valence-electron chi connectivity index (χ1n) is 11.5. The molecule has 7 nitrogen and oxygen atoms in total. The minimum atomic E-state index is -0.293. The van der Waals surface area contributed by atoms with E-state index in [1.54, 1.807) is 6.26 Å². The average molecular weight is 459 g/mol. The third kappa shape index (κ3) is 5.20. The van der Waals surface area contributed by atoms with Crippen LogP contribution in [0.5, 0.6) is 0 Å². The summed E-state index contributed by atoms with van der Waals surface area (Å²) in [6.07, 6.45) is 2.19. The Morgan fingerprint density at radius 2 is 1.88 bits per heavy atom. The second-order valence-electron chi connectivity index (χ2n) is 8.91. The van der Waals surface area contributed by atoms with Crippen molar-refractivity contribution in [1.82, 2.24) is 5.01 Å². The van der Waals surface area contributed by atoms with E-state index >= 15 is 0 Å². The van der Waals surface area contributed by atoms with Gasteiger partial charge in [-0.3, -0.25) is 9.59 Å². The summed E-state index contributed by atoms with van der Waals surface area (Å²) >= 11 is 0. The standard InChI is InChI=1S/C27H30N4O3/c1-17(2)27(33)29-21-12-9-19(4)22(14-21)28-16-26(32)31-24(25-6-5-13-34-25)15-23(30-31)20-10-7-18(3)8-11-20/h5-14,17,24,28H,15-16H2,1-4H3,(H,29,33). The molecule has 176 valence electrons. The summed E-state index contributed by atoms with van der Waals surface area (Å²) in [6.45, 7) is 7.75. The van der Waals surface area contributed by atoms with Crippen LogP contribution in [-0.2, 0) is 9.59 Å². The maximum atomic E-state index is 13.3. The van der Waals surface area contributed by atoms with Gasteiger partial charge in [-0.25, -0.2) is 5.01 Å². The van der Waals surface area contributed by atoms with Crippen molar-refractivity contribution in [3.05, 3.63) is 83.3 Å². The lowest BCUT2D eigenvalue weighted by molar-refractivity contribution is -0.131. The van der Waals surface area contributed by atoms with Crippen LogP contribution >= 0.6 is 0 Å². The zero-order chi connectivity index (χ0) is 24.2. The Bertz CT molecular complexity index is 1200. The lowest BCUT2D eigenvalue weighted by Gasteiger charge is -2.21. The minimum Gasteiger partial charge on any atom is -0.467 e. The van der Waals surface area contributed by atoms with Gasteiger partial charge in [0.2, 0.25) is 5.91 Å². The first-order chi connectivity index (χ1) is 16.3. The van der Waals surface area contributed by atoms with Crippen LogP contribution in [0.25, 0.3) is 0 Å². The molecule has 34 heavy (non-hydrogen) atoms. The van der Waals surface area contributed by atoms with E-state index in [9.17, 15) is 9.59 Å². The SMILES string of the molecule is Cc1ccc(C2=NN(C(=O)CNc3cc(NC(=O)C(C)C)ccc3C)C(c3ccco3)C2)cc1. The van der Waals surface area contributed by atoms with Crippen molar-refractivity contribution in [2.45, 2.75) is 40.2 Å². The fourth-order valence-corrected chi connectivity index (χ4v) is 3.79. The van der Waals surface area contributed by atoms with Crippen LogP contribution in [0.3, 0.4) is 0 Å². The van der Waals surface area contributed by atoms with E-state index in [0.717, 1.165) is 22.5 Å². The quantitative estimate of drug-likeness (QED) is 0.504. The molecule has 3 aromatic rings. The summed E-state index contributed by atoms with van der Waals surface area (Å²) < 4.78 is 5.63. The molecule has 2 N–H and O–H groups in total. The van der Waals surface area contributed by atoms with Crippen molar-refractivity contribution in [3.63, 3.8) is 0 Å². The highest BCUT2D eigenvalue weighted by Gasteiger charge is 2.34. The predicted octanol–water partition coefficient (Wildman–Crippen LogP) is 5.28. The van der Waals surface area contributed by atoms with Gasteiger partial charge in [0.25, 0.3) is 5.91 Å². The summed E-state index contributed by atoms with van der Waals surface area (Å²) in [5.41, 5.74) is 5.46. The molecular weight excluding hydrogens is 428 g/mol. The number of furan rings is 1. The monoisotopic (exact) mass is 458 g/mol. The first kappa shape index (κ1) is 23.3. The Kier molecular flexibility index (Phi) is 6.82. The number of hydrogen-bond donors (Lipinski definition) is 2. The number of nitrogens with zero attached hydrogens (tertiary/aromatic N) is 2. The average Bonchev–Trinajstić information content (AvgIpc) is 3.49. The number of hydrazone groups is 1. The summed E-state index contributed by atoms with van der Waals surface area (Å²) in [4.78, 5) is 25.3. The highest BCUT2D eigenvalue weighted by molar-refractivity contribution is 6.03. The van der Waals surface area contributed by atoms with Crippen molar-refractivity contribution in [1.29, 1.82) is 0 Å². The van der Waals surface area contributed by atoms with Crippen molar-refractivity contribution in [3.8, 4) is 0 Å². The highest BCUT2D eigenvalue weighted by atomic mass is 16.3. The second kappa shape index (κ2) is 9.95. The topological polar surface area (TPSA) is 86.9 Å². The molecule has 0 saturated carbocycles. The molecule has 1 unspecified atom stereocenters. The Morgan fingerprint density at radius 1 is 1.12 bits per heavy atom. The van der Waals surface area contributed by atoms with Gasteiger partial charge >= 0.3 is 0 Å². The summed E-state index contributed by atoms with van der Waals surface area (Å²) in [6, 6.07) is 17.2. The van der Waals surface area contributed by atoms with Crippen molar-refractivity contribution in [2.24, 2.45) is 11.0 Å². The van der Waals surface area contributed by atoms with Gasteiger partial charge in [0.1, 0.15) is 11.8 Å². The number of carbonyl (C=O) groups is 2. The van der Waals surface area contributed by atoms with Crippen molar-refractivity contribution < 1.29 is 14.0 Å². The summed E-state index contributed by atoms with van der Waals surface area (Å²) in [5, 5.41) is 12.3. The van der Waals surface area contributed by atoms with Crippen molar-refractivity contribution in [2.75, 3.05) is 17.2 Å². The van der Waals surface area contributed by atoms with E-state index < -0.39 is 0 Å². The third-order valence-corrected chi connectivity index (χ3v) is 5.88. The zero-order valence-electron chi connectivity index (χ0n) is 20.0. The van der Waals surface area contributed by atoms with Gasteiger partial charge in [0.05, 0.1) is 18.5 Å². The van der Waals surface area contributed by atoms with Gasteiger partial charge in [-0.1, -0.05) is 49.7 Å². The highest BCUT2D eigenvalue weighted by Crippen LogP contribution is 2.33. The fraction of sp³-hybridized carbons (Fsp3) is 0.296. The molecular formula is C27H30N4O3. The molecule has 2 heterocycles. The number of hydrogen-bond acceptors (Lipinski definition) is 5. The number of amides is 2. The Hall–Kier alpha value is -3.87. The zero-order valence-corrected chi connectivity index (χ0v) is 20.0. The molecule has 0 aliphatic carbocycles. The third-order valence-electron chi connectivity index (χ3n) is 5.88. The van der Waals surface area contributed by atoms with Gasteiger partial charge < -0.3 is 15.1 Å². The van der Waals surface area contributed by atoms with Crippen LogP contribution in [0.2, 0.25) is 0 Å². The van der Waals surface area contributed by atoms with E-state index in [1.807, 2.05) is 82.3 Å². The number of aryl methyl sites for hydroxylation is 2. The molecule has 7 heteroatoms. The molecule has 2 amide bonds. The molecule has 1 aliphatic heterocycles. The van der Waals surface area contributed by atoms with Crippen LogP contribution in [0, 0.1) is 19.8 Å². The van der Waals surface area contributed by atoms with Gasteiger partial charge in [0.15, 0.2) is 0 Å². The molecule has 2 aromatic carbocycles. The molecule has 0 bridgehead atoms. The van der Waals surface area contributed by atoms with Gasteiger partial charge in [-0.2, -0.15) is 5.10 Å². The predicted molar refractivity (Wildman–Crippen MR) is 134 cm³/mol. The molecule has 0 fully saturated rings. The van der Waals surface area contributed by atoms with Crippen LogP contribution in [-0.4, -0.2) is 29.1 Å². The largest absolute Gasteiger partial charge is 0.467 e. The first-order valence-corrected chi connectivity index (χ1v) is 11.5. The molecule has 4 rings (SSSR count). The van der Waals surface area contributed by atoms with Crippen LogP contribution in [0.1, 0.15) is 48.8 Å². The maximum Gasteiger partial charge on any atom is 0.262 e. The molecule has 0 spiro atoms. The molecule has 0 radical (unpaired) electrons. The lowest BCUT2D eigenvalue weighted by atomic mass is 10.0. The van der Waals surface area contributed by atoms with E-state index in [-0.39, 0.29) is 30.3 Å². The second-order valence-corrected chi connectivity index (χ2v) is 8.91. The Labute approximate surface area is 199 Å². The molecule has 0 saturated heterocycles. The minimum absolute atomic E-state index is 0.0535. The fourth-order valence-electron chi connectivity index (χ4n) is 3.79. The number of carbonyl (C=O) groups excluding carboxylic acids is 2. The maximum absolute atomic E-state index is 13.3. The van der Waals surface area contributed by atoms with Gasteiger partial charge in [-0.15, -0.1) is 0 Å². The molecule has 1 atom stereocenters. The van der Waals surface area contributed by atoms with Crippen LogP contribution in [0.15, 0.2) is 70.4 Å². The van der Waals surface area contributed by atoms with Gasteiger partial charge in [-0.05, 0) is 49.2 Å². The van der Waals surface area contributed by atoms with Gasteiger partial charge in [0, 0.05) is 23.7 Å². The van der Waals surface area contributed by atoms with E-state index in [4.69, 9.17) is 4.42 Å². The number of benzene rings is 2. The normalized spacial score (nSPS) is 15.4. The Morgan fingerprint density at radius 3 is 2.56 bits per heavy atom. The number of anilines is 2. The van der Waals surface area contributed by atoms with E-state index in [2.05, 4.69) is 15.7 Å².